The number of benzene rings is 1. The fourth-order valence-corrected chi connectivity index (χ4v) is 3.43. The molecule has 1 aromatic heterocycles. The van der Waals surface area contributed by atoms with Gasteiger partial charge in [-0.05, 0) is 56.9 Å². The molecule has 0 saturated carbocycles. The second kappa shape index (κ2) is 17.4. The minimum absolute atomic E-state index is 0.713. The van der Waals surface area contributed by atoms with Crippen molar-refractivity contribution in [3.8, 4) is 17.1 Å². The summed E-state index contributed by atoms with van der Waals surface area (Å²) >= 11 is 0. The number of aryl methyl sites for hydroxylation is 1. The number of rotatable bonds is 18. The van der Waals surface area contributed by atoms with E-state index >= 15 is 0 Å². The summed E-state index contributed by atoms with van der Waals surface area (Å²) in [4.78, 5) is 8.97. The molecule has 1 aromatic carbocycles. The largest absolute Gasteiger partial charge is 0.490 e. The molecule has 4 nitrogen and oxygen atoms in total. The highest BCUT2D eigenvalue weighted by molar-refractivity contribution is 5.55. The summed E-state index contributed by atoms with van der Waals surface area (Å²) in [5, 5.41) is 0. The number of allylic oxidation sites excluding steroid dienone is 2. The molecule has 0 aliphatic heterocycles. The zero-order chi connectivity index (χ0) is 22.7. The second-order valence-electron chi connectivity index (χ2n) is 8.32. The molecule has 0 spiro atoms. The van der Waals surface area contributed by atoms with E-state index in [0.717, 1.165) is 68.9 Å². The van der Waals surface area contributed by atoms with E-state index in [-0.39, 0.29) is 0 Å². The van der Waals surface area contributed by atoms with E-state index in [9.17, 15) is 0 Å². The summed E-state index contributed by atoms with van der Waals surface area (Å²) in [6, 6.07) is 8.61. The lowest BCUT2D eigenvalue weighted by atomic mass is 10.0. The van der Waals surface area contributed by atoms with Crippen LogP contribution in [-0.2, 0) is 11.2 Å². The van der Waals surface area contributed by atoms with Gasteiger partial charge in [-0.1, -0.05) is 69.5 Å². The highest BCUT2D eigenvalue weighted by atomic mass is 16.5. The van der Waals surface area contributed by atoms with E-state index in [1.807, 2.05) is 0 Å². The first-order valence-electron chi connectivity index (χ1n) is 12.6. The van der Waals surface area contributed by atoms with Crippen molar-refractivity contribution >= 4 is 0 Å². The Kier molecular flexibility index (Phi) is 14.1. The lowest BCUT2D eigenvalue weighted by molar-refractivity contribution is 0.130. The molecule has 0 fully saturated rings. The molecule has 176 valence electrons. The van der Waals surface area contributed by atoms with E-state index in [2.05, 4.69) is 60.2 Å². The lowest BCUT2D eigenvalue weighted by Gasteiger charge is -2.07. The zero-order valence-corrected chi connectivity index (χ0v) is 20.2. The molecule has 2 aromatic rings. The van der Waals surface area contributed by atoms with Gasteiger partial charge in [0.2, 0.25) is 0 Å². The van der Waals surface area contributed by atoms with Gasteiger partial charge in [-0.15, -0.1) is 0 Å². The highest BCUT2D eigenvalue weighted by Crippen LogP contribution is 2.18. The standard InChI is InChI=1S/C28H42N2O2/c1-3-5-6-7-8-9-10-14-22-32-27-23-29-28(30-24-27)26-18-16-25(17-19-26)15-12-11-13-21-31-20-4-2/h7-8,16-19,23-24H,3-6,9-15,20-22H2,1-2H3/b8-7-. The van der Waals surface area contributed by atoms with Crippen LogP contribution in [0.2, 0.25) is 0 Å². The Bertz CT molecular complexity index is 726. The van der Waals surface area contributed by atoms with Crippen molar-refractivity contribution in [1.29, 1.82) is 0 Å². The molecule has 0 N–H and O–H groups in total. The third-order valence-electron chi connectivity index (χ3n) is 5.37. The molecule has 0 radical (unpaired) electrons. The van der Waals surface area contributed by atoms with Crippen LogP contribution in [0.1, 0.15) is 83.6 Å². The van der Waals surface area contributed by atoms with Crippen LogP contribution in [0.5, 0.6) is 5.75 Å². The molecule has 0 aliphatic carbocycles. The predicted octanol–water partition coefficient (Wildman–Crippen LogP) is 7.58. The van der Waals surface area contributed by atoms with Crippen molar-refractivity contribution in [2.24, 2.45) is 0 Å². The molecular formula is C28H42N2O2. The van der Waals surface area contributed by atoms with Crippen molar-refractivity contribution in [3.05, 3.63) is 54.4 Å². The van der Waals surface area contributed by atoms with Gasteiger partial charge in [0.25, 0.3) is 0 Å². The minimum atomic E-state index is 0.713. The van der Waals surface area contributed by atoms with Crippen molar-refractivity contribution in [3.63, 3.8) is 0 Å². The summed E-state index contributed by atoms with van der Waals surface area (Å²) in [6.07, 6.45) is 21.0. The molecule has 0 unspecified atom stereocenters. The Morgan fingerprint density at radius 2 is 1.44 bits per heavy atom. The van der Waals surface area contributed by atoms with Gasteiger partial charge < -0.3 is 9.47 Å². The minimum Gasteiger partial charge on any atom is -0.490 e. The van der Waals surface area contributed by atoms with Crippen LogP contribution in [0, 0.1) is 0 Å². The van der Waals surface area contributed by atoms with Gasteiger partial charge in [0.05, 0.1) is 19.0 Å². The monoisotopic (exact) mass is 438 g/mol. The average Bonchev–Trinajstić information content (AvgIpc) is 2.83. The molecule has 0 aliphatic rings. The first kappa shape index (κ1) is 26.1. The molecule has 0 atom stereocenters. The quantitative estimate of drug-likeness (QED) is 0.178. The Balaban J connectivity index is 1.63. The van der Waals surface area contributed by atoms with E-state index < -0.39 is 0 Å². The van der Waals surface area contributed by atoms with E-state index in [4.69, 9.17) is 9.47 Å². The van der Waals surface area contributed by atoms with Crippen LogP contribution in [0.15, 0.2) is 48.8 Å². The Morgan fingerprint density at radius 3 is 2.16 bits per heavy atom. The number of ether oxygens (including phenoxy) is 2. The van der Waals surface area contributed by atoms with Gasteiger partial charge >= 0.3 is 0 Å². The number of hydrogen-bond acceptors (Lipinski definition) is 4. The normalized spacial score (nSPS) is 11.3. The van der Waals surface area contributed by atoms with Crippen LogP contribution in [-0.4, -0.2) is 29.8 Å². The van der Waals surface area contributed by atoms with Gasteiger partial charge in [0, 0.05) is 18.8 Å². The van der Waals surface area contributed by atoms with Crippen molar-refractivity contribution in [2.45, 2.75) is 84.5 Å². The molecule has 32 heavy (non-hydrogen) atoms. The fourth-order valence-electron chi connectivity index (χ4n) is 3.43. The number of unbranched alkanes of at least 4 members (excludes halogenated alkanes) is 6. The highest BCUT2D eigenvalue weighted by Gasteiger charge is 2.03. The van der Waals surface area contributed by atoms with Crippen molar-refractivity contribution in [1.82, 2.24) is 9.97 Å². The molecule has 2 rings (SSSR count). The smallest absolute Gasteiger partial charge is 0.159 e. The van der Waals surface area contributed by atoms with Crippen molar-refractivity contribution < 1.29 is 9.47 Å². The Morgan fingerprint density at radius 1 is 0.719 bits per heavy atom. The maximum Gasteiger partial charge on any atom is 0.159 e. The van der Waals surface area contributed by atoms with Gasteiger partial charge in [-0.3, -0.25) is 0 Å². The van der Waals surface area contributed by atoms with Crippen molar-refractivity contribution in [2.75, 3.05) is 19.8 Å². The number of hydrogen-bond donors (Lipinski definition) is 0. The van der Waals surface area contributed by atoms with E-state index in [0.29, 0.717) is 6.61 Å². The maximum atomic E-state index is 5.79. The Labute approximate surface area is 195 Å². The molecular weight excluding hydrogens is 396 g/mol. The lowest BCUT2D eigenvalue weighted by Crippen LogP contribution is -1.99. The molecule has 1 heterocycles. The van der Waals surface area contributed by atoms with Crippen LogP contribution >= 0.6 is 0 Å². The third-order valence-corrected chi connectivity index (χ3v) is 5.37. The number of aromatic nitrogens is 2. The molecule has 0 saturated heterocycles. The van der Waals surface area contributed by atoms with Gasteiger partial charge in [0.15, 0.2) is 11.6 Å². The molecule has 4 heteroatoms. The van der Waals surface area contributed by atoms with E-state index in [1.54, 1.807) is 12.4 Å². The predicted molar refractivity (Wildman–Crippen MR) is 134 cm³/mol. The summed E-state index contributed by atoms with van der Waals surface area (Å²) in [7, 11) is 0. The summed E-state index contributed by atoms with van der Waals surface area (Å²) in [5.41, 5.74) is 2.41. The van der Waals surface area contributed by atoms with Crippen LogP contribution in [0.3, 0.4) is 0 Å². The maximum absolute atomic E-state index is 5.79. The molecule has 0 bridgehead atoms. The SMILES string of the molecule is CCCC/C=C\CCCCOc1cnc(-c2ccc(CCCCCOCCC)cc2)nc1. The van der Waals surface area contributed by atoms with E-state index in [1.165, 1.54) is 37.7 Å². The second-order valence-corrected chi connectivity index (χ2v) is 8.32. The van der Waals surface area contributed by atoms with Crippen LogP contribution < -0.4 is 4.74 Å². The first-order chi connectivity index (χ1) is 15.8. The first-order valence-corrected chi connectivity index (χ1v) is 12.6. The fraction of sp³-hybridized carbons (Fsp3) is 0.571. The summed E-state index contributed by atoms with van der Waals surface area (Å²) in [5.74, 6) is 1.49. The third kappa shape index (κ3) is 11.4. The van der Waals surface area contributed by atoms with Gasteiger partial charge in [-0.2, -0.15) is 0 Å². The number of nitrogens with zero attached hydrogens (tertiary/aromatic N) is 2. The topological polar surface area (TPSA) is 44.2 Å². The average molecular weight is 439 g/mol. The summed E-state index contributed by atoms with van der Waals surface area (Å²) in [6.45, 7) is 6.86. The molecule has 0 amide bonds. The van der Waals surface area contributed by atoms with Gasteiger partial charge in [-0.25, -0.2) is 9.97 Å². The van der Waals surface area contributed by atoms with Gasteiger partial charge in [0.1, 0.15) is 0 Å². The Hall–Kier alpha value is -2.20. The van der Waals surface area contributed by atoms with Crippen LogP contribution in [0.25, 0.3) is 11.4 Å². The van der Waals surface area contributed by atoms with Crippen LogP contribution in [0.4, 0.5) is 0 Å². The summed E-state index contributed by atoms with van der Waals surface area (Å²) < 4.78 is 11.3. The zero-order valence-electron chi connectivity index (χ0n) is 20.2.